The summed E-state index contributed by atoms with van der Waals surface area (Å²) in [6, 6.07) is 11.0. The van der Waals surface area contributed by atoms with Gasteiger partial charge in [0, 0.05) is 16.6 Å². The van der Waals surface area contributed by atoms with Crippen LogP contribution in [0.25, 0.3) is 10.2 Å². The molecular formula is C16H16N4S. The number of fused-ring (bicyclic) bond motifs is 2. The second-order valence-corrected chi connectivity index (χ2v) is 6.77. The van der Waals surface area contributed by atoms with Crippen molar-refractivity contribution in [3.63, 3.8) is 0 Å². The van der Waals surface area contributed by atoms with E-state index in [2.05, 4.69) is 59.0 Å². The first-order valence-electron chi connectivity index (χ1n) is 7.04. The minimum atomic E-state index is 0.343. The molecule has 1 aliphatic heterocycles. The molecule has 0 saturated heterocycles. The van der Waals surface area contributed by atoms with Crippen LogP contribution >= 0.6 is 11.3 Å². The Balaban J connectivity index is 1.98. The molecule has 1 aromatic carbocycles. The third-order valence-electron chi connectivity index (χ3n) is 3.95. The highest BCUT2D eigenvalue weighted by molar-refractivity contribution is 7.18. The molecule has 1 aliphatic rings. The number of aryl methyl sites for hydroxylation is 1. The lowest BCUT2D eigenvalue weighted by Gasteiger charge is -2.24. The number of anilines is 3. The van der Waals surface area contributed by atoms with Crippen molar-refractivity contribution in [3.8, 4) is 0 Å². The van der Waals surface area contributed by atoms with Gasteiger partial charge in [0.05, 0.1) is 5.39 Å². The maximum atomic E-state index is 5.92. The molecule has 4 nitrogen and oxygen atoms in total. The summed E-state index contributed by atoms with van der Waals surface area (Å²) in [7, 11) is 0. The van der Waals surface area contributed by atoms with E-state index in [4.69, 9.17) is 5.73 Å². The lowest BCUT2D eigenvalue weighted by atomic mass is 10.1. The molecule has 0 spiro atoms. The van der Waals surface area contributed by atoms with Gasteiger partial charge >= 0.3 is 0 Å². The number of hydrogen-bond acceptors (Lipinski definition) is 5. The average molecular weight is 296 g/mol. The SMILES string of the molecule is Cc1cc2c(N3c4ccccc4CC3C)nc(N)nc2s1. The van der Waals surface area contributed by atoms with Crippen LogP contribution in [0.2, 0.25) is 0 Å². The number of hydrogen-bond donors (Lipinski definition) is 1. The second kappa shape index (κ2) is 4.43. The van der Waals surface area contributed by atoms with Crippen molar-refractivity contribution < 1.29 is 0 Å². The molecule has 3 heterocycles. The van der Waals surface area contributed by atoms with Gasteiger partial charge in [-0.05, 0) is 38.0 Å². The summed E-state index contributed by atoms with van der Waals surface area (Å²) in [5, 5.41) is 1.09. The molecule has 3 aromatic rings. The smallest absolute Gasteiger partial charge is 0.223 e. The van der Waals surface area contributed by atoms with Crippen molar-refractivity contribution in [1.29, 1.82) is 0 Å². The van der Waals surface area contributed by atoms with Crippen LogP contribution in [0.3, 0.4) is 0 Å². The van der Waals surface area contributed by atoms with E-state index in [0.29, 0.717) is 12.0 Å². The van der Waals surface area contributed by atoms with Gasteiger partial charge in [0.25, 0.3) is 0 Å². The molecule has 1 unspecified atom stereocenters. The topological polar surface area (TPSA) is 55.0 Å². The van der Waals surface area contributed by atoms with Crippen molar-refractivity contribution in [2.45, 2.75) is 26.3 Å². The maximum Gasteiger partial charge on any atom is 0.223 e. The maximum absolute atomic E-state index is 5.92. The van der Waals surface area contributed by atoms with Crippen molar-refractivity contribution in [3.05, 3.63) is 40.8 Å². The normalized spacial score (nSPS) is 17.4. The molecule has 106 valence electrons. The number of nitrogens with two attached hydrogens (primary N) is 1. The second-order valence-electron chi connectivity index (χ2n) is 5.53. The van der Waals surface area contributed by atoms with Crippen molar-refractivity contribution >= 4 is 39.0 Å². The molecule has 0 amide bonds. The van der Waals surface area contributed by atoms with Crippen LogP contribution < -0.4 is 10.6 Å². The fraction of sp³-hybridized carbons (Fsp3) is 0.250. The van der Waals surface area contributed by atoms with Crippen LogP contribution in [-0.2, 0) is 6.42 Å². The first-order chi connectivity index (χ1) is 10.1. The molecule has 0 saturated carbocycles. The quantitative estimate of drug-likeness (QED) is 0.744. The van der Waals surface area contributed by atoms with Crippen LogP contribution in [0.5, 0.6) is 0 Å². The van der Waals surface area contributed by atoms with Gasteiger partial charge < -0.3 is 10.6 Å². The van der Waals surface area contributed by atoms with Crippen molar-refractivity contribution in [1.82, 2.24) is 9.97 Å². The van der Waals surface area contributed by atoms with Crippen molar-refractivity contribution in [2.24, 2.45) is 0 Å². The van der Waals surface area contributed by atoms with E-state index < -0.39 is 0 Å². The Labute approximate surface area is 127 Å². The summed E-state index contributed by atoms with van der Waals surface area (Å²) in [6.07, 6.45) is 1.03. The largest absolute Gasteiger partial charge is 0.368 e. The van der Waals surface area contributed by atoms with E-state index in [9.17, 15) is 0 Å². The van der Waals surface area contributed by atoms with Gasteiger partial charge in [0.1, 0.15) is 10.6 Å². The van der Waals surface area contributed by atoms with E-state index in [1.165, 1.54) is 16.1 Å². The Kier molecular flexibility index (Phi) is 2.65. The Morgan fingerprint density at radius 2 is 2.10 bits per heavy atom. The summed E-state index contributed by atoms with van der Waals surface area (Å²) >= 11 is 1.66. The lowest BCUT2D eigenvalue weighted by Crippen LogP contribution is -2.25. The fourth-order valence-electron chi connectivity index (χ4n) is 3.11. The summed E-state index contributed by atoms with van der Waals surface area (Å²) in [4.78, 5) is 13.4. The van der Waals surface area contributed by atoms with Gasteiger partial charge in [-0.1, -0.05) is 18.2 Å². The first kappa shape index (κ1) is 12.6. The standard InChI is InChI=1S/C16H16N4S/c1-9-7-11-5-3-4-6-13(11)20(9)14-12-8-10(2)21-15(12)19-16(17)18-14/h3-6,8-9H,7H2,1-2H3,(H2,17,18,19). The van der Waals surface area contributed by atoms with Gasteiger partial charge in [0.2, 0.25) is 5.95 Å². The predicted octanol–water partition coefficient (Wildman–Crippen LogP) is 3.66. The number of para-hydroxylation sites is 1. The Morgan fingerprint density at radius 1 is 1.29 bits per heavy atom. The highest BCUT2D eigenvalue weighted by Crippen LogP contribution is 2.41. The molecule has 21 heavy (non-hydrogen) atoms. The highest BCUT2D eigenvalue weighted by atomic mass is 32.1. The third kappa shape index (κ3) is 1.88. The molecule has 0 fully saturated rings. The summed E-state index contributed by atoms with van der Waals surface area (Å²) in [5.74, 6) is 1.27. The summed E-state index contributed by atoms with van der Waals surface area (Å²) in [6.45, 7) is 4.32. The number of nitrogens with zero attached hydrogens (tertiary/aromatic N) is 3. The highest BCUT2D eigenvalue weighted by Gasteiger charge is 2.29. The number of rotatable bonds is 1. The monoisotopic (exact) mass is 296 g/mol. The Bertz CT molecular complexity index is 839. The van der Waals surface area contributed by atoms with Crippen molar-refractivity contribution in [2.75, 3.05) is 10.6 Å². The summed E-state index contributed by atoms with van der Waals surface area (Å²) in [5.41, 5.74) is 8.52. The minimum absolute atomic E-state index is 0.343. The van der Waals surface area contributed by atoms with Crippen LogP contribution in [0.1, 0.15) is 17.4 Å². The Hall–Kier alpha value is -2.14. The number of aromatic nitrogens is 2. The average Bonchev–Trinajstić information content (AvgIpc) is 2.96. The van der Waals surface area contributed by atoms with Crippen LogP contribution in [0, 0.1) is 6.92 Å². The van der Waals surface area contributed by atoms with Crippen LogP contribution in [0.15, 0.2) is 30.3 Å². The van der Waals surface area contributed by atoms with Crippen LogP contribution in [-0.4, -0.2) is 16.0 Å². The molecule has 2 aromatic heterocycles. The molecule has 4 rings (SSSR count). The number of thiophene rings is 1. The van der Waals surface area contributed by atoms with Gasteiger partial charge in [-0.25, -0.2) is 4.98 Å². The molecule has 0 aliphatic carbocycles. The zero-order valence-corrected chi connectivity index (χ0v) is 12.8. The Morgan fingerprint density at radius 3 is 2.95 bits per heavy atom. The number of nitrogen functional groups attached to an aromatic ring is 1. The molecule has 2 N–H and O–H groups in total. The molecule has 1 atom stereocenters. The van der Waals surface area contributed by atoms with E-state index in [-0.39, 0.29) is 0 Å². The van der Waals surface area contributed by atoms with E-state index in [0.717, 1.165) is 22.5 Å². The summed E-state index contributed by atoms with van der Waals surface area (Å²) < 4.78 is 0. The zero-order valence-electron chi connectivity index (χ0n) is 12.0. The lowest BCUT2D eigenvalue weighted by molar-refractivity contribution is 0.753. The van der Waals surface area contributed by atoms with Crippen LogP contribution in [0.4, 0.5) is 17.5 Å². The van der Waals surface area contributed by atoms with E-state index >= 15 is 0 Å². The fourth-order valence-corrected chi connectivity index (χ4v) is 4.00. The van der Waals surface area contributed by atoms with Gasteiger partial charge in [-0.2, -0.15) is 4.98 Å². The minimum Gasteiger partial charge on any atom is -0.368 e. The van der Waals surface area contributed by atoms with E-state index in [1.54, 1.807) is 11.3 Å². The third-order valence-corrected chi connectivity index (χ3v) is 4.89. The zero-order chi connectivity index (χ0) is 14.6. The molecule has 0 radical (unpaired) electrons. The molecule has 5 heteroatoms. The van der Waals surface area contributed by atoms with Gasteiger partial charge in [-0.15, -0.1) is 11.3 Å². The van der Waals surface area contributed by atoms with Gasteiger partial charge in [0.15, 0.2) is 0 Å². The van der Waals surface area contributed by atoms with E-state index in [1.807, 2.05) is 0 Å². The molecule has 0 bridgehead atoms. The number of benzene rings is 1. The first-order valence-corrected chi connectivity index (χ1v) is 7.86. The predicted molar refractivity (Wildman–Crippen MR) is 88.3 cm³/mol. The molecular weight excluding hydrogens is 280 g/mol. The van der Waals surface area contributed by atoms with Gasteiger partial charge in [-0.3, -0.25) is 0 Å².